The number of carbonyl (C=O) groups excluding carboxylic acids is 1. The summed E-state index contributed by atoms with van der Waals surface area (Å²) in [7, 11) is -3.30. The van der Waals surface area contributed by atoms with Crippen LogP contribution in [0.4, 0.5) is 8.78 Å². The van der Waals surface area contributed by atoms with Crippen LogP contribution in [-0.2, 0) is 15.0 Å². The molecule has 2 rings (SSSR count). The molecular weight excluding hydrogens is 462 g/mol. The van der Waals surface area contributed by atoms with E-state index in [1.54, 1.807) is 0 Å². The highest BCUT2D eigenvalue weighted by molar-refractivity contribution is 6.84. The van der Waals surface area contributed by atoms with Crippen LogP contribution in [-0.4, -0.2) is 29.2 Å². The summed E-state index contributed by atoms with van der Waals surface area (Å²) in [4.78, 5) is 10.4. The fourth-order valence-corrected chi connectivity index (χ4v) is 11.4. The Morgan fingerprint density at radius 2 is 1.55 bits per heavy atom. The number of aliphatic carboxylic acids is 1. The SMILES string of the molecule is C[Si](C)(C)O[Si](C)(C)CCCOc1ccc(C(F)(F)Oc2ccc(C=CC(=O)[O-])cc2)cc1. The number of carboxylic acid groups (broad SMARTS) is 1. The number of carboxylic acids is 1. The lowest BCUT2D eigenvalue weighted by molar-refractivity contribution is -0.297. The van der Waals surface area contributed by atoms with Gasteiger partial charge in [-0.25, -0.2) is 0 Å². The van der Waals surface area contributed by atoms with Crippen LogP contribution >= 0.6 is 0 Å². The molecular formula is C24H31F2O5Si2-. The van der Waals surface area contributed by atoms with Crippen molar-refractivity contribution in [1.29, 1.82) is 0 Å². The Morgan fingerprint density at radius 1 is 0.970 bits per heavy atom. The summed E-state index contributed by atoms with van der Waals surface area (Å²) < 4.78 is 45.9. The van der Waals surface area contributed by atoms with Gasteiger partial charge in [0.05, 0.1) is 18.1 Å². The quantitative estimate of drug-likeness (QED) is 0.225. The summed E-state index contributed by atoms with van der Waals surface area (Å²) in [5.74, 6) is -0.863. The number of ether oxygens (including phenoxy) is 2. The number of rotatable bonds is 12. The van der Waals surface area contributed by atoms with E-state index in [9.17, 15) is 18.7 Å². The van der Waals surface area contributed by atoms with Gasteiger partial charge in [-0.15, -0.1) is 0 Å². The third-order valence-electron chi connectivity index (χ3n) is 4.50. The van der Waals surface area contributed by atoms with Crippen molar-refractivity contribution in [2.75, 3.05) is 6.61 Å². The highest BCUT2D eigenvalue weighted by atomic mass is 28.4. The summed E-state index contributed by atoms with van der Waals surface area (Å²) in [6.45, 7) is 11.5. The fourth-order valence-electron chi connectivity index (χ4n) is 3.33. The van der Waals surface area contributed by atoms with Crippen LogP contribution in [0.15, 0.2) is 54.6 Å². The van der Waals surface area contributed by atoms with Crippen molar-refractivity contribution in [3.8, 4) is 11.5 Å². The van der Waals surface area contributed by atoms with Gasteiger partial charge in [0.15, 0.2) is 16.6 Å². The Balaban J connectivity index is 1.88. The van der Waals surface area contributed by atoms with E-state index in [0.717, 1.165) is 18.5 Å². The lowest BCUT2D eigenvalue weighted by atomic mass is 10.2. The molecule has 2 aromatic rings. The summed E-state index contributed by atoms with van der Waals surface area (Å²) in [6.07, 6.45) is -0.528. The van der Waals surface area contributed by atoms with Crippen molar-refractivity contribution < 1.29 is 32.3 Å². The first-order chi connectivity index (χ1) is 15.3. The van der Waals surface area contributed by atoms with Gasteiger partial charge >= 0.3 is 6.11 Å². The second-order valence-electron chi connectivity index (χ2n) is 9.29. The molecule has 5 nitrogen and oxygen atoms in total. The molecule has 2 aromatic carbocycles. The minimum absolute atomic E-state index is 0.0433. The van der Waals surface area contributed by atoms with Gasteiger partial charge in [-0.1, -0.05) is 18.2 Å². The molecule has 0 unspecified atom stereocenters. The number of carbonyl (C=O) groups is 1. The minimum Gasteiger partial charge on any atom is -0.545 e. The molecule has 0 fully saturated rings. The van der Waals surface area contributed by atoms with E-state index >= 15 is 0 Å². The molecule has 33 heavy (non-hydrogen) atoms. The van der Waals surface area contributed by atoms with Crippen molar-refractivity contribution in [1.82, 2.24) is 0 Å². The molecule has 0 amide bonds. The predicted octanol–water partition coefficient (Wildman–Crippen LogP) is 5.40. The summed E-state index contributed by atoms with van der Waals surface area (Å²) in [6, 6.07) is 12.2. The van der Waals surface area contributed by atoms with Gasteiger partial charge in [0.1, 0.15) is 11.5 Å². The van der Waals surface area contributed by atoms with Crippen molar-refractivity contribution in [3.05, 3.63) is 65.7 Å². The summed E-state index contributed by atoms with van der Waals surface area (Å²) in [5.41, 5.74) is 0.224. The minimum atomic E-state index is -3.54. The maximum atomic E-state index is 14.5. The average molecular weight is 494 g/mol. The normalized spacial score (nSPS) is 12.7. The van der Waals surface area contributed by atoms with Crippen molar-refractivity contribution in [3.63, 3.8) is 0 Å². The zero-order valence-electron chi connectivity index (χ0n) is 19.7. The zero-order chi connectivity index (χ0) is 24.7. The molecule has 0 aliphatic rings. The maximum absolute atomic E-state index is 14.5. The first kappa shape index (κ1) is 26.8. The number of halogens is 2. The fraction of sp³-hybridized carbons (Fsp3) is 0.375. The number of hydrogen-bond acceptors (Lipinski definition) is 5. The van der Waals surface area contributed by atoms with Crippen LogP contribution in [0.3, 0.4) is 0 Å². The van der Waals surface area contributed by atoms with Crippen molar-refractivity contribution >= 4 is 28.7 Å². The first-order valence-electron chi connectivity index (χ1n) is 10.8. The smallest absolute Gasteiger partial charge is 0.426 e. The van der Waals surface area contributed by atoms with Gasteiger partial charge in [-0.3, -0.25) is 0 Å². The van der Waals surface area contributed by atoms with E-state index in [1.165, 1.54) is 54.6 Å². The molecule has 180 valence electrons. The van der Waals surface area contributed by atoms with Crippen LogP contribution in [0.5, 0.6) is 11.5 Å². The van der Waals surface area contributed by atoms with E-state index in [1.807, 2.05) is 0 Å². The largest absolute Gasteiger partial charge is 0.545 e. The average Bonchev–Trinajstić information content (AvgIpc) is 2.69. The molecule has 0 atom stereocenters. The molecule has 9 heteroatoms. The number of benzene rings is 2. The van der Waals surface area contributed by atoms with Crippen LogP contribution in [0.25, 0.3) is 6.08 Å². The number of alkyl halides is 2. The maximum Gasteiger partial charge on any atom is 0.426 e. The van der Waals surface area contributed by atoms with Crippen molar-refractivity contribution in [2.24, 2.45) is 0 Å². The van der Waals surface area contributed by atoms with Gasteiger partial charge in [0.25, 0.3) is 0 Å². The van der Waals surface area contributed by atoms with Gasteiger partial charge in [-0.2, -0.15) is 8.78 Å². The molecule has 0 saturated carbocycles. The van der Waals surface area contributed by atoms with E-state index in [0.29, 0.717) is 17.9 Å². The van der Waals surface area contributed by atoms with Gasteiger partial charge in [0, 0.05) is 0 Å². The van der Waals surface area contributed by atoms with Crippen LogP contribution in [0, 0.1) is 0 Å². The van der Waals surface area contributed by atoms with E-state index in [2.05, 4.69) is 32.7 Å². The molecule has 0 heterocycles. The lowest BCUT2D eigenvalue weighted by Crippen LogP contribution is -2.42. The highest BCUT2D eigenvalue weighted by Gasteiger charge is 2.34. The Kier molecular flexibility index (Phi) is 8.99. The topological polar surface area (TPSA) is 67.8 Å². The Morgan fingerprint density at radius 3 is 2.09 bits per heavy atom. The molecule has 0 aliphatic carbocycles. The van der Waals surface area contributed by atoms with Crippen molar-refractivity contribution in [2.45, 2.75) is 51.3 Å². The van der Waals surface area contributed by atoms with Crippen LogP contribution in [0.1, 0.15) is 17.5 Å². The molecule has 0 saturated heterocycles. The molecule has 0 radical (unpaired) electrons. The van der Waals surface area contributed by atoms with E-state index < -0.39 is 28.7 Å². The Hall–Kier alpha value is -2.50. The zero-order valence-corrected chi connectivity index (χ0v) is 21.7. The van der Waals surface area contributed by atoms with Crippen LogP contribution < -0.4 is 14.6 Å². The highest BCUT2D eigenvalue weighted by Crippen LogP contribution is 2.32. The summed E-state index contributed by atoms with van der Waals surface area (Å²) >= 11 is 0. The molecule has 0 aliphatic heterocycles. The molecule has 0 bridgehead atoms. The van der Waals surface area contributed by atoms with E-state index in [-0.39, 0.29) is 11.3 Å². The standard InChI is InChI=1S/C24H32F2O5Si2/c1-32(2,3)31-33(4,5)18-6-17-29-21-14-10-20(11-15-21)24(25,26)30-22-12-7-19(8-13-22)9-16-23(27)28/h7-16H,6,17-18H2,1-5H3,(H,27,28)/p-1. The predicted molar refractivity (Wildman–Crippen MR) is 128 cm³/mol. The van der Waals surface area contributed by atoms with E-state index in [4.69, 9.17) is 13.6 Å². The molecule has 0 spiro atoms. The van der Waals surface area contributed by atoms with Gasteiger partial charge in [0.2, 0.25) is 0 Å². The lowest BCUT2D eigenvalue weighted by Gasteiger charge is -2.31. The second kappa shape index (κ2) is 11.1. The molecule has 0 N–H and O–H groups in total. The third kappa shape index (κ3) is 9.89. The van der Waals surface area contributed by atoms with Gasteiger partial charge < -0.3 is 23.5 Å². The molecule has 0 aromatic heterocycles. The van der Waals surface area contributed by atoms with Gasteiger partial charge in [-0.05, 0) is 93.2 Å². The summed E-state index contributed by atoms with van der Waals surface area (Å²) in [5, 5.41) is 10.4. The van der Waals surface area contributed by atoms with Crippen LogP contribution in [0.2, 0.25) is 38.8 Å². The Bertz CT molecular complexity index is 937. The monoisotopic (exact) mass is 493 g/mol. The second-order valence-corrected chi connectivity index (χ2v) is 18.4. The number of hydrogen-bond donors (Lipinski definition) is 0. The Labute approximate surface area is 196 Å². The first-order valence-corrected chi connectivity index (χ1v) is 17.3. The third-order valence-corrected chi connectivity index (χ3v) is 10.7.